The quantitative estimate of drug-likeness (QED) is 0.739. The third kappa shape index (κ3) is 3.06. The van der Waals surface area contributed by atoms with E-state index in [9.17, 15) is 4.39 Å². The molecule has 0 fully saturated rings. The number of hydrogen-bond donors (Lipinski definition) is 0. The highest BCUT2D eigenvalue weighted by Gasteiger charge is 2.02. The highest BCUT2D eigenvalue weighted by Crippen LogP contribution is 2.25. The minimum atomic E-state index is -0.256. The zero-order valence-electron chi connectivity index (χ0n) is 9.98. The van der Waals surface area contributed by atoms with Crippen molar-refractivity contribution in [2.45, 2.75) is 19.8 Å². The topological polar surface area (TPSA) is 9.23 Å². The maximum Gasteiger partial charge on any atom is 0.127 e. The Bertz CT molecular complexity index is 489. The first kappa shape index (κ1) is 11.6. The molecule has 0 aliphatic carbocycles. The fraction of sp³-hybridized carbons (Fsp3) is 0.200. The summed E-state index contributed by atoms with van der Waals surface area (Å²) in [7, 11) is 0. The Morgan fingerprint density at radius 3 is 2.29 bits per heavy atom. The fourth-order valence-electron chi connectivity index (χ4n) is 1.58. The van der Waals surface area contributed by atoms with Crippen LogP contribution in [0.5, 0.6) is 11.5 Å². The Kier molecular flexibility index (Phi) is 3.43. The highest BCUT2D eigenvalue weighted by molar-refractivity contribution is 5.34. The molecule has 0 radical (unpaired) electrons. The van der Waals surface area contributed by atoms with Crippen molar-refractivity contribution in [2.75, 3.05) is 0 Å². The first-order chi connectivity index (χ1) is 8.15. The van der Waals surface area contributed by atoms with Crippen LogP contribution in [-0.4, -0.2) is 0 Å². The number of hydrogen-bond acceptors (Lipinski definition) is 1. The maximum atomic E-state index is 12.7. The summed E-state index contributed by atoms with van der Waals surface area (Å²) in [5.41, 5.74) is 1.23. The van der Waals surface area contributed by atoms with Gasteiger partial charge in [-0.05, 0) is 47.9 Å². The largest absolute Gasteiger partial charge is 0.457 e. The number of rotatable bonds is 3. The summed E-state index contributed by atoms with van der Waals surface area (Å²) in [4.78, 5) is 0. The molecular weight excluding hydrogens is 215 g/mol. The van der Waals surface area contributed by atoms with Crippen molar-refractivity contribution in [3.05, 3.63) is 59.9 Å². The van der Waals surface area contributed by atoms with Crippen LogP contribution in [0.3, 0.4) is 0 Å². The van der Waals surface area contributed by atoms with Crippen molar-refractivity contribution in [2.24, 2.45) is 0 Å². The van der Waals surface area contributed by atoms with Crippen molar-refractivity contribution in [3.63, 3.8) is 0 Å². The number of ether oxygens (including phenoxy) is 1. The second-order valence-corrected chi connectivity index (χ2v) is 4.28. The zero-order chi connectivity index (χ0) is 12.3. The van der Waals surface area contributed by atoms with Gasteiger partial charge in [0, 0.05) is 0 Å². The molecule has 2 aromatic carbocycles. The van der Waals surface area contributed by atoms with Crippen molar-refractivity contribution < 1.29 is 9.13 Å². The van der Waals surface area contributed by atoms with Gasteiger partial charge < -0.3 is 4.74 Å². The van der Waals surface area contributed by atoms with Gasteiger partial charge in [-0.1, -0.05) is 26.0 Å². The molecule has 0 atom stereocenters. The third-order valence-electron chi connectivity index (χ3n) is 2.57. The first-order valence-electron chi connectivity index (χ1n) is 5.68. The fourth-order valence-corrected chi connectivity index (χ4v) is 1.58. The molecule has 0 aliphatic rings. The lowest BCUT2D eigenvalue weighted by Crippen LogP contribution is -1.89. The molecule has 0 N–H and O–H groups in total. The Labute approximate surface area is 101 Å². The predicted octanol–water partition coefficient (Wildman–Crippen LogP) is 4.74. The molecule has 0 amide bonds. The van der Waals surface area contributed by atoms with E-state index < -0.39 is 0 Å². The van der Waals surface area contributed by atoms with Gasteiger partial charge in [0.05, 0.1) is 0 Å². The molecule has 1 nitrogen and oxygen atoms in total. The molecule has 2 heteroatoms. The van der Waals surface area contributed by atoms with Crippen LogP contribution in [0, 0.1) is 5.82 Å². The van der Waals surface area contributed by atoms with Crippen LogP contribution < -0.4 is 4.74 Å². The van der Waals surface area contributed by atoms with Gasteiger partial charge in [0.15, 0.2) is 0 Å². The van der Waals surface area contributed by atoms with E-state index >= 15 is 0 Å². The van der Waals surface area contributed by atoms with E-state index in [2.05, 4.69) is 19.9 Å². The number of halogens is 1. The predicted molar refractivity (Wildman–Crippen MR) is 67.0 cm³/mol. The first-order valence-corrected chi connectivity index (χ1v) is 5.68. The molecule has 0 spiro atoms. The average molecular weight is 230 g/mol. The monoisotopic (exact) mass is 230 g/mol. The van der Waals surface area contributed by atoms with E-state index in [0.717, 1.165) is 5.75 Å². The average Bonchev–Trinajstić information content (AvgIpc) is 2.32. The van der Waals surface area contributed by atoms with Crippen LogP contribution in [0.2, 0.25) is 0 Å². The van der Waals surface area contributed by atoms with Crippen LogP contribution in [0.25, 0.3) is 0 Å². The van der Waals surface area contributed by atoms with Gasteiger partial charge in [-0.15, -0.1) is 0 Å². The Balaban J connectivity index is 2.18. The van der Waals surface area contributed by atoms with Gasteiger partial charge in [0.1, 0.15) is 17.3 Å². The van der Waals surface area contributed by atoms with E-state index in [1.165, 1.54) is 17.7 Å². The molecule has 2 rings (SSSR count). The molecule has 88 valence electrons. The summed E-state index contributed by atoms with van der Waals surface area (Å²) in [6, 6.07) is 14.0. The Morgan fingerprint density at radius 1 is 0.941 bits per heavy atom. The summed E-state index contributed by atoms with van der Waals surface area (Å²) in [6.45, 7) is 4.27. The van der Waals surface area contributed by atoms with Crippen molar-refractivity contribution in [1.29, 1.82) is 0 Å². The van der Waals surface area contributed by atoms with Crippen LogP contribution in [0.4, 0.5) is 4.39 Å². The lowest BCUT2D eigenvalue weighted by atomic mass is 10.0. The van der Waals surface area contributed by atoms with Crippen LogP contribution in [0.1, 0.15) is 25.3 Å². The molecule has 0 heterocycles. The van der Waals surface area contributed by atoms with Gasteiger partial charge in [-0.3, -0.25) is 0 Å². The Morgan fingerprint density at radius 2 is 1.65 bits per heavy atom. The van der Waals surface area contributed by atoms with Crippen molar-refractivity contribution >= 4 is 0 Å². The lowest BCUT2D eigenvalue weighted by Gasteiger charge is -2.09. The van der Waals surface area contributed by atoms with E-state index in [0.29, 0.717) is 11.7 Å². The second kappa shape index (κ2) is 5.00. The van der Waals surface area contributed by atoms with E-state index in [-0.39, 0.29) is 5.82 Å². The molecule has 0 saturated carbocycles. The molecule has 0 bridgehead atoms. The van der Waals surface area contributed by atoms with Crippen LogP contribution in [0.15, 0.2) is 48.5 Å². The van der Waals surface area contributed by atoms with Crippen LogP contribution >= 0.6 is 0 Å². The van der Waals surface area contributed by atoms with E-state index in [4.69, 9.17) is 4.74 Å². The van der Waals surface area contributed by atoms with Gasteiger partial charge in [-0.25, -0.2) is 4.39 Å². The second-order valence-electron chi connectivity index (χ2n) is 4.28. The Hall–Kier alpha value is -1.83. The normalized spacial score (nSPS) is 10.6. The smallest absolute Gasteiger partial charge is 0.127 e. The molecule has 2 aromatic rings. The maximum absolute atomic E-state index is 12.7. The third-order valence-corrected chi connectivity index (χ3v) is 2.57. The molecule has 0 aromatic heterocycles. The van der Waals surface area contributed by atoms with Gasteiger partial charge in [-0.2, -0.15) is 0 Å². The van der Waals surface area contributed by atoms with Crippen molar-refractivity contribution in [3.8, 4) is 11.5 Å². The molecule has 17 heavy (non-hydrogen) atoms. The summed E-state index contributed by atoms with van der Waals surface area (Å²) in [5, 5.41) is 0. The van der Waals surface area contributed by atoms with E-state index in [1.54, 1.807) is 12.1 Å². The molecule has 0 aliphatic heterocycles. The zero-order valence-corrected chi connectivity index (χ0v) is 9.98. The standard InChI is InChI=1S/C15H15FO/c1-11(2)12-4-3-5-15(10-12)17-14-8-6-13(16)7-9-14/h3-11H,1-2H3. The van der Waals surface area contributed by atoms with Gasteiger partial charge >= 0.3 is 0 Å². The SMILES string of the molecule is CC(C)c1cccc(Oc2ccc(F)cc2)c1. The summed E-state index contributed by atoms with van der Waals surface area (Å²) in [6.07, 6.45) is 0. The van der Waals surface area contributed by atoms with Crippen molar-refractivity contribution in [1.82, 2.24) is 0 Å². The number of benzene rings is 2. The van der Waals surface area contributed by atoms with Gasteiger partial charge in [0.2, 0.25) is 0 Å². The van der Waals surface area contributed by atoms with E-state index in [1.807, 2.05) is 18.2 Å². The van der Waals surface area contributed by atoms with Crippen LogP contribution in [-0.2, 0) is 0 Å². The van der Waals surface area contributed by atoms with Gasteiger partial charge in [0.25, 0.3) is 0 Å². The molecule has 0 unspecified atom stereocenters. The summed E-state index contributed by atoms with van der Waals surface area (Å²) >= 11 is 0. The lowest BCUT2D eigenvalue weighted by molar-refractivity contribution is 0.479. The highest BCUT2D eigenvalue weighted by atomic mass is 19.1. The summed E-state index contributed by atoms with van der Waals surface area (Å²) < 4.78 is 18.4. The summed E-state index contributed by atoms with van der Waals surface area (Å²) in [5.74, 6) is 1.63. The molecule has 0 saturated heterocycles. The minimum absolute atomic E-state index is 0.256. The molecular formula is C15H15FO. The minimum Gasteiger partial charge on any atom is -0.457 e.